The van der Waals surface area contributed by atoms with Crippen LogP contribution in [0.1, 0.15) is 20.7 Å². The summed E-state index contributed by atoms with van der Waals surface area (Å²) in [5.41, 5.74) is 6.06. The molecule has 0 atom stereocenters. The van der Waals surface area contributed by atoms with E-state index in [-0.39, 0.29) is 77.5 Å². The standard InChI is InChI=1S/C12H14I3N2O3.ClH/c16-8-3-1-2-7(12(19)20)10(8)11(18)17-4-9-14-5-13-6-15-9;/h1-3,9H,4-6,16H2,(H,17,18)(H,19,20);1H/q-3;. The Kier molecular flexibility index (Phi) is 8.86. The van der Waals surface area contributed by atoms with Gasteiger partial charge >= 0.3 is 150 Å². The normalized spacial score (nSPS) is 16.2. The average molecular weight is 651 g/mol. The van der Waals surface area contributed by atoms with Gasteiger partial charge in [-0.2, -0.15) is 0 Å². The van der Waals surface area contributed by atoms with Gasteiger partial charge in [0.25, 0.3) is 0 Å². The summed E-state index contributed by atoms with van der Waals surface area (Å²) in [7, 11) is 0. The van der Waals surface area contributed by atoms with Crippen LogP contribution in [0.25, 0.3) is 0 Å². The van der Waals surface area contributed by atoms with Crippen LogP contribution in [0, 0.1) is 0 Å². The van der Waals surface area contributed by atoms with Gasteiger partial charge in [-0.25, -0.2) is 0 Å². The molecule has 9 heteroatoms. The van der Waals surface area contributed by atoms with Crippen LogP contribution in [0.2, 0.25) is 0 Å². The van der Waals surface area contributed by atoms with E-state index >= 15 is 0 Å². The number of carbonyl (C=O) groups excluding carboxylic acids is 1. The van der Waals surface area contributed by atoms with Crippen molar-refractivity contribution < 1.29 is 78.3 Å². The molecule has 1 heterocycles. The van der Waals surface area contributed by atoms with Crippen molar-refractivity contribution in [1.29, 1.82) is 0 Å². The number of hydrogen-bond acceptors (Lipinski definition) is 3. The molecule has 0 unspecified atom stereocenters. The Morgan fingerprint density at radius 2 is 2.00 bits per heavy atom. The van der Waals surface area contributed by atoms with Crippen molar-refractivity contribution in [2.45, 2.75) is 1.93 Å². The minimum atomic E-state index is -1.12. The second-order valence-electron chi connectivity index (χ2n) is 3.88. The molecule has 1 amide bonds. The monoisotopic (exact) mass is 651 g/mol. The van der Waals surface area contributed by atoms with E-state index < -0.39 is 5.97 Å². The van der Waals surface area contributed by atoms with Gasteiger partial charge in [-0.3, -0.25) is 0 Å². The number of nitrogen functional groups attached to an aromatic ring is 1. The van der Waals surface area contributed by atoms with Crippen LogP contribution in [0.4, 0.5) is 5.69 Å². The Labute approximate surface area is 160 Å². The molecule has 0 aromatic heterocycles. The molecule has 2 rings (SSSR count). The summed E-state index contributed by atoms with van der Waals surface area (Å²) in [4.78, 5) is 23.4. The summed E-state index contributed by atoms with van der Waals surface area (Å²) in [5, 5.41) is 12.0. The number of amides is 1. The number of nitrogens with two attached hydrogens (primary N) is 1. The number of hydrogen-bond donors (Lipinski definition) is 3. The van der Waals surface area contributed by atoms with Crippen molar-refractivity contribution in [1.82, 2.24) is 5.32 Å². The molecule has 1 aliphatic rings. The molecule has 122 valence electrons. The van der Waals surface area contributed by atoms with Crippen molar-refractivity contribution in [3.8, 4) is 0 Å². The molecule has 5 nitrogen and oxygen atoms in total. The van der Waals surface area contributed by atoms with Crippen molar-refractivity contribution in [3.63, 3.8) is 0 Å². The molecule has 0 aliphatic carbocycles. The molecular formula is C12H15ClI3N2O3-3. The molecular weight excluding hydrogens is 636 g/mol. The zero-order chi connectivity index (χ0) is 14.5. The minimum absolute atomic E-state index is 0. The van der Waals surface area contributed by atoms with Crippen LogP contribution in [-0.2, 0) is 0 Å². The Morgan fingerprint density at radius 1 is 1.33 bits per heavy atom. The fourth-order valence-corrected chi connectivity index (χ4v) is 33.2. The molecule has 0 radical (unpaired) electrons. The van der Waals surface area contributed by atoms with Gasteiger partial charge in [0.1, 0.15) is 0 Å². The first-order valence-electron chi connectivity index (χ1n) is 5.68. The number of anilines is 1. The Bertz CT molecular complexity index is 524. The Balaban J connectivity index is 0.00000220. The van der Waals surface area contributed by atoms with E-state index in [0.717, 1.165) is 1.93 Å². The number of rotatable bonds is 4. The molecule has 0 saturated carbocycles. The van der Waals surface area contributed by atoms with Gasteiger partial charge in [-0.05, 0) is 0 Å². The third kappa shape index (κ3) is 5.53. The maximum absolute atomic E-state index is 12.2. The predicted octanol–water partition coefficient (Wildman–Crippen LogP) is -8.36. The first-order chi connectivity index (χ1) is 9.59. The van der Waals surface area contributed by atoms with Crippen molar-refractivity contribution >= 4 is 30.0 Å². The van der Waals surface area contributed by atoms with Crippen LogP contribution in [0.5, 0.6) is 0 Å². The van der Waals surface area contributed by atoms with Crippen molar-refractivity contribution in [2.75, 3.05) is 17.1 Å². The number of carboxylic acids is 1. The van der Waals surface area contributed by atoms with Crippen LogP contribution >= 0.6 is 12.4 Å². The predicted molar refractivity (Wildman–Crippen MR) is 70.9 cm³/mol. The van der Waals surface area contributed by atoms with Crippen LogP contribution in [-0.4, -0.2) is 30.3 Å². The van der Waals surface area contributed by atoms with Gasteiger partial charge in [0.2, 0.25) is 0 Å². The average Bonchev–Trinajstić information content (AvgIpc) is 2.45. The summed E-state index contributed by atoms with van der Waals surface area (Å²) in [6.45, 7) is 0.705. The second-order valence-corrected chi connectivity index (χ2v) is 21.0. The fraction of sp³-hybridized carbons (Fsp3) is 0.333. The van der Waals surface area contributed by atoms with Crippen molar-refractivity contribution in [3.05, 3.63) is 29.3 Å². The Hall–Kier alpha value is 0.440. The summed E-state index contributed by atoms with van der Waals surface area (Å²) in [6, 6.07) is 4.53. The van der Waals surface area contributed by atoms with Crippen LogP contribution in [0.3, 0.4) is 0 Å². The van der Waals surface area contributed by atoms with Gasteiger partial charge in [-0.1, -0.05) is 0 Å². The van der Waals surface area contributed by atoms with E-state index in [1.54, 1.807) is 12.1 Å². The molecule has 0 spiro atoms. The van der Waals surface area contributed by atoms with E-state index in [1.165, 1.54) is 10.9 Å². The topological polar surface area (TPSA) is 92.4 Å². The van der Waals surface area contributed by atoms with E-state index in [9.17, 15) is 9.59 Å². The van der Waals surface area contributed by atoms with Gasteiger partial charge in [0.05, 0.1) is 0 Å². The molecule has 1 saturated heterocycles. The fourth-order valence-electron chi connectivity index (χ4n) is 1.65. The van der Waals surface area contributed by atoms with Crippen molar-refractivity contribution in [2.24, 2.45) is 0 Å². The first kappa shape index (κ1) is 19.5. The summed E-state index contributed by atoms with van der Waals surface area (Å²) >= 11 is 0.991. The van der Waals surface area contributed by atoms with E-state index in [1.807, 2.05) is 0 Å². The first-order valence-corrected chi connectivity index (χ1v) is 14.3. The van der Waals surface area contributed by atoms with E-state index in [2.05, 4.69) is 5.32 Å². The number of carbonyl (C=O) groups is 2. The number of benzene rings is 1. The molecule has 4 N–H and O–H groups in total. The van der Waals surface area contributed by atoms with Gasteiger partial charge in [0.15, 0.2) is 0 Å². The van der Waals surface area contributed by atoms with Crippen LogP contribution < -0.4 is 74.7 Å². The second kappa shape index (κ2) is 9.55. The Morgan fingerprint density at radius 3 is 2.62 bits per heavy atom. The number of halogens is 4. The number of nitrogens with one attached hydrogen (secondary N) is 1. The van der Waals surface area contributed by atoms with Crippen LogP contribution in [0.15, 0.2) is 18.2 Å². The quantitative estimate of drug-likeness (QED) is 0.172. The van der Waals surface area contributed by atoms with E-state index in [0.29, 0.717) is 27.7 Å². The summed E-state index contributed by atoms with van der Waals surface area (Å²) < 4.78 is 3.64. The third-order valence-electron chi connectivity index (χ3n) is 2.57. The number of aromatic carboxylic acids is 1. The van der Waals surface area contributed by atoms with E-state index in [4.69, 9.17) is 10.8 Å². The number of alkyl halides is 6. The molecule has 0 bridgehead atoms. The molecule has 1 aromatic rings. The van der Waals surface area contributed by atoms with Gasteiger partial charge in [-0.15, -0.1) is 12.4 Å². The SMILES string of the molecule is Cl.Nc1cccc(C(=O)O)c1C(=O)NCC1[I-]C[I-]C[I-]1. The molecule has 21 heavy (non-hydrogen) atoms. The van der Waals surface area contributed by atoms with Gasteiger partial charge in [0, 0.05) is 0 Å². The third-order valence-corrected chi connectivity index (χ3v) is 21.2. The maximum atomic E-state index is 12.2. The summed E-state index contributed by atoms with van der Waals surface area (Å²) in [6.07, 6.45) is 0. The molecule has 1 aliphatic heterocycles. The van der Waals surface area contributed by atoms with Gasteiger partial charge < -0.3 is 0 Å². The molecule has 1 aromatic carbocycles. The molecule has 1 fully saturated rings. The number of carboxylic acid groups (broad SMARTS) is 1. The zero-order valence-corrected chi connectivity index (χ0v) is 18.1. The zero-order valence-electron chi connectivity index (χ0n) is 10.8. The summed E-state index contributed by atoms with van der Waals surface area (Å²) in [5.74, 6) is -1.47.